The Morgan fingerprint density at radius 3 is 1.47 bits per heavy atom. The molecule has 8 rings (SSSR count). The number of halogens is 2. The summed E-state index contributed by atoms with van der Waals surface area (Å²) in [5, 5.41) is 0. The molecule has 0 saturated heterocycles. The first-order valence-electron chi connectivity index (χ1n) is 20.6. The van der Waals surface area contributed by atoms with E-state index in [0.717, 1.165) is 6.42 Å². The van der Waals surface area contributed by atoms with Crippen LogP contribution in [0.2, 0.25) is 3.63 Å². The van der Waals surface area contributed by atoms with Crippen LogP contribution in [0, 0.1) is 0 Å². The average Bonchev–Trinajstić information content (AvgIpc) is 3.87. The van der Waals surface area contributed by atoms with Gasteiger partial charge in [0.2, 0.25) is 0 Å². The van der Waals surface area contributed by atoms with E-state index in [2.05, 4.69) is 219 Å². The fraction of sp³-hybridized carbons (Fsp3) is 0.255. The molecule has 0 aromatic heterocycles. The SMILES string of the molecule is CC([C](C(C)c1ccccc1)=[Zr+2]([c]1c2c(cc(C(C)(C)C)c1-c1ccccc1)-c1cc(C(C)(C)C)c(-c3ccccc3)cc1C2)[CH]1C=CC=C1)c1ccccc1.[Cl-].[Cl-]. The monoisotopic (exact) mass is 876 g/mol. The minimum atomic E-state index is -2.99. The first-order chi connectivity index (χ1) is 26.9. The summed E-state index contributed by atoms with van der Waals surface area (Å²) in [6.07, 6.45) is 10.7. The molecule has 2 aliphatic rings. The first kappa shape index (κ1) is 43.7. The van der Waals surface area contributed by atoms with Crippen molar-refractivity contribution in [2.45, 2.75) is 88.1 Å². The molecule has 2 aliphatic carbocycles. The molecule has 0 bridgehead atoms. The molecule has 0 spiro atoms. The van der Waals surface area contributed by atoms with Gasteiger partial charge >= 0.3 is 346 Å². The van der Waals surface area contributed by atoms with E-state index in [-0.39, 0.29) is 35.6 Å². The number of hydrogen-bond donors (Lipinski definition) is 0. The van der Waals surface area contributed by atoms with Gasteiger partial charge in [0.15, 0.2) is 0 Å². The molecule has 0 radical (unpaired) electrons. The van der Waals surface area contributed by atoms with Crippen LogP contribution in [0.1, 0.15) is 101 Å². The van der Waals surface area contributed by atoms with E-state index in [0.29, 0.717) is 15.5 Å². The molecule has 294 valence electrons. The van der Waals surface area contributed by atoms with Crippen LogP contribution < -0.4 is 28.1 Å². The third kappa shape index (κ3) is 8.43. The number of fused-ring (bicyclic) bond motifs is 3. The maximum absolute atomic E-state index is 2.99. The number of benzene rings is 6. The zero-order chi connectivity index (χ0) is 39.2. The Morgan fingerprint density at radius 1 is 0.534 bits per heavy atom. The molecule has 0 fully saturated rings. The molecule has 2 unspecified atom stereocenters. The fourth-order valence-electron chi connectivity index (χ4n) is 9.46. The molecule has 6 aromatic carbocycles. The van der Waals surface area contributed by atoms with Crippen LogP contribution in [0.5, 0.6) is 0 Å². The summed E-state index contributed by atoms with van der Waals surface area (Å²) >= 11 is -2.99. The normalized spacial score (nSPS) is 14.1. The van der Waals surface area contributed by atoms with Crippen LogP contribution in [0.25, 0.3) is 33.4 Å². The summed E-state index contributed by atoms with van der Waals surface area (Å²) < 4.78 is 3.89. The maximum Gasteiger partial charge on any atom is -1.00 e. The van der Waals surface area contributed by atoms with Gasteiger partial charge < -0.3 is 24.8 Å². The van der Waals surface area contributed by atoms with Gasteiger partial charge in [0.1, 0.15) is 0 Å². The van der Waals surface area contributed by atoms with Crippen LogP contribution in [-0.2, 0) is 38.5 Å². The van der Waals surface area contributed by atoms with Crippen molar-refractivity contribution in [1.29, 1.82) is 0 Å². The second-order valence-corrected chi connectivity index (χ2v) is 24.4. The maximum atomic E-state index is 2.63. The largest absolute Gasteiger partial charge is 1.00 e. The van der Waals surface area contributed by atoms with Gasteiger partial charge in [-0.15, -0.1) is 0 Å². The third-order valence-electron chi connectivity index (χ3n) is 12.3. The van der Waals surface area contributed by atoms with Crippen molar-refractivity contribution < 1.29 is 46.1 Å². The molecule has 0 amide bonds. The minimum absolute atomic E-state index is 0. The van der Waals surface area contributed by atoms with Crippen molar-refractivity contribution >= 4 is 6.48 Å². The fourth-order valence-corrected chi connectivity index (χ4v) is 19.2. The Hall–Kier alpha value is -3.87. The van der Waals surface area contributed by atoms with Crippen molar-refractivity contribution in [3.05, 3.63) is 197 Å². The summed E-state index contributed by atoms with van der Waals surface area (Å²) in [6, 6.07) is 53.0. The van der Waals surface area contributed by atoms with Crippen LogP contribution in [0.15, 0.2) is 164 Å². The Labute approximate surface area is 368 Å². The predicted molar refractivity (Wildman–Crippen MR) is 239 cm³/mol. The molecule has 3 heteroatoms. The van der Waals surface area contributed by atoms with Gasteiger partial charge in [0.25, 0.3) is 0 Å². The summed E-state index contributed by atoms with van der Waals surface area (Å²) in [5.41, 5.74) is 17.1. The van der Waals surface area contributed by atoms with Crippen molar-refractivity contribution in [2.24, 2.45) is 0 Å². The van der Waals surface area contributed by atoms with Gasteiger partial charge in [-0.3, -0.25) is 0 Å². The van der Waals surface area contributed by atoms with Crippen LogP contribution >= 0.6 is 0 Å². The summed E-state index contributed by atoms with van der Waals surface area (Å²) in [7, 11) is 0. The average molecular weight is 879 g/mol. The van der Waals surface area contributed by atoms with E-state index >= 15 is 0 Å². The van der Waals surface area contributed by atoms with Crippen molar-refractivity contribution in [3.63, 3.8) is 0 Å². The summed E-state index contributed by atoms with van der Waals surface area (Å²) in [5.74, 6) is 0.614. The van der Waals surface area contributed by atoms with Gasteiger partial charge in [-0.2, -0.15) is 0 Å². The van der Waals surface area contributed by atoms with Gasteiger partial charge in [0, 0.05) is 0 Å². The topological polar surface area (TPSA) is 0 Å². The molecule has 0 N–H and O–H groups in total. The molecule has 6 aromatic rings. The van der Waals surface area contributed by atoms with Crippen molar-refractivity contribution in [1.82, 2.24) is 0 Å². The van der Waals surface area contributed by atoms with Crippen LogP contribution in [0.3, 0.4) is 0 Å². The van der Waals surface area contributed by atoms with Crippen LogP contribution in [0.4, 0.5) is 0 Å². The Balaban J connectivity index is 0.00000283. The second-order valence-electron chi connectivity index (χ2n) is 18.1. The van der Waals surface area contributed by atoms with Crippen LogP contribution in [-0.4, -0.2) is 3.21 Å². The summed E-state index contributed by atoms with van der Waals surface area (Å²) in [6.45, 7) is 19.5. The van der Waals surface area contributed by atoms with Crippen molar-refractivity contribution in [2.75, 3.05) is 0 Å². The first-order valence-corrected chi connectivity index (χ1v) is 24.5. The second kappa shape index (κ2) is 17.8. The smallest absolute Gasteiger partial charge is 1.00 e. The minimum Gasteiger partial charge on any atom is -1.00 e. The molecule has 2 atom stereocenters. The molecule has 0 nitrogen and oxygen atoms in total. The van der Waals surface area contributed by atoms with E-state index in [4.69, 9.17) is 0 Å². The van der Waals surface area contributed by atoms with Gasteiger partial charge in [0.05, 0.1) is 0 Å². The van der Waals surface area contributed by atoms with E-state index in [1.807, 2.05) is 0 Å². The standard InChI is InChI=1S/C33H33.C17H18.C5H5.2ClH.Zr/c1-32(2,3)30-20-26-24(18-28(30)22-13-9-7-10-14-22)17-25-19-29(23-15-11-8-12-16-23)31(21-27(25)26)33(4,5)6;1-14(16-9-5-3-6-10-16)13-15(2)17-11-7-4-8-12-17;1-2-4-5-3-1;;;/h7-16,18,20-21H,17H2,1-6H3;3-12,14-15H,1-2H3;1-5H;2*1H;/q;;;;;+2/p-2. The number of rotatable bonds is 8. The molecular weight excluding hydrogens is 823 g/mol. The Morgan fingerprint density at radius 2 is 0.983 bits per heavy atom. The molecule has 0 aliphatic heterocycles. The zero-order valence-electron chi connectivity index (χ0n) is 35.3. The Kier molecular flexibility index (Phi) is 13.4. The molecule has 0 saturated carbocycles. The van der Waals surface area contributed by atoms with E-state index in [1.54, 1.807) is 12.0 Å². The van der Waals surface area contributed by atoms with Gasteiger partial charge in [-0.25, -0.2) is 0 Å². The molecule has 0 heterocycles. The molecular formula is C55H56Cl2Zr. The third-order valence-corrected chi connectivity index (χ3v) is 21.2. The van der Waals surface area contributed by atoms with E-state index in [1.165, 1.54) is 61.2 Å². The Bertz CT molecular complexity index is 2400. The van der Waals surface area contributed by atoms with E-state index in [9.17, 15) is 0 Å². The molecule has 58 heavy (non-hydrogen) atoms. The number of hydrogen-bond acceptors (Lipinski definition) is 0. The summed E-state index contributed by atoms with van der Waals surface area (Å²) in [4.78, 5) is 0. The number of allylic oxidation sites excluding steroid dienone is 4. The van der Waals surface area contributed by atoms with E-state index < -0.39 is 21.3 Å². The zero-order valence-corrected chi connectivity index (χ0v) is 39.3. The quantitative estimate of drug-likeness (QED) is 0.145. The van der Waals surface area contributed by atoms with Gasteiger partial charge in [-0.1, -0.05) is 0 Å². The predicted octanol–water partition coefficient (Wildman–Crippen LogP) is 8.13. The van der Waals surface area contributed by atoms with Gasteiger partial charge in [-0.05, 0) is 0 Å². The van der Waals surface area contributed by atoms with Crippen molar-refractivity contribution in [3.8, 4) is 33.4 Å².